The molecule has 1 amide bonds. The largest absolute Gasteiger partial charge is 0.586 e. The van der Waals surface area contributed by atoms with Gasteiger partial charge in [0.25, 0.3) is 5.56 Å². The number of aromatic nitrogens is 2. The van der Waals surface area contributed by atoms with Gasteiger partial charge in [-0.25, -0.2) is 4.98 Å². The molecule has 1 aromatic carbocycles. The maximum Gasteiger partial charge on any atom is 0.586 e. The fourth-order valence-corrected chi connectivity index (χ4v) is 5.03. The van der Waals surface area contributed by atoms with Crippen molar-refractivity contribution >= 4 is 33.1 Å². The minimum Gasteiger partial charge on any atom is -0.395 e. The van der Waals surface area contributed by atoms with E-state index in [4.69, 9.17) is 0 Å². The van der Waals surface area contributed by atoms with Crippen LogP contribution in [0.2, 0.25) is 0 Å². The summed E-state index contributed by atoms with van der Waals surface area (Å²) in [4.78, 5) is 31.6. The standard InChI is InChI=1S/C20H17F2N3O4S/c21-20(22)28-13-6-5-11(9-14(13)29-20)24-16(26)7-8-25-10-23-18-17(19(25)27)12-3-1-2-4-15(12)30-18/h5-6,9-10H,1-4,7-8H2,(H,24,26). The maximum atomic E-state index is 13.1. The van der Waals surface area contributed by atoms with E-state index in [0.717, 1.165) is 36.1 Å². The van der Waals surface area contributed by atoms with Gasteiger partial charge in [-0.3, -0.25) is 14.2 Å². The number of nitrogens with zero attached hydrogens (tertiary/aromatic N) is 2. The van der Waals surface area contributed by atoms with Crippen molar-refractivity contribution in [1.29, 1.82) is 0 Å². The SMILES string of the molecule is O=C(CCn1cnc2sc3c(c2c1=O)CCCC3)Nc1ccc2c(c1)OC(F)(F)O2. The van der Waals surface area contributed by atoms with E-state index in [2.05, 4.69) is 19.8 Å². The van der Waals surface area contributed by atoms with E-state index in [1.165, 1.54) is 34.0 Å². The first-order chi connectivity index (χ1) is 14.4. The number of nitrogens with one attached hydrogen (secondary N) is 1. The van der Waals surface area contributed by atoms with Crippen molar-refractivity contribution in [2.75, 3.05) is 5.32 Å². The lowest BCUT2D eigenvalue weighted by atomic mass is 9.97. The molecule has 0 unspecified atom stereocenters. The predicted molar refractivity (Wildman–Crippen MR) is 106 cm³/mol. The van der Waals surface area contributed by atoms with Crippen molar-refractivity contribution in [1.82, 2.24) is 9.55 Å². The lowest BCUT2D eigenvalue weighted by Crippen LogP contribution is -2.25. The first-order valence-electron chi connectivity index (χ1n) is 9.59. The highest BCUT2D eigenvalue weighted by Crippen LogP contribution is 2.42. The van der Waals surface area contributed by atoms with Crippen LogP contribution in [-0.2, 0) is 24.2 Å². The fraction of sp³-hybridized carbons (Fsp3) is 0.350. The van der Waals surface area contributed by atoms with Crippen molar-refractivity contribution in [3.05, 3.63) is 45.3 Å². The summed E-state index contributed by atoms with van der Waals surface area (Å²) >= 11 is 1.58. The van der Waals surface area contributed by atoms with Gasteiger partial charge in [-0.15, -0.1) is 20.1 Å². The van der Waals surface area contributed by atoms with E-state index in [-0.39, 0.29) is 35.9 Å². The van der Waals surface area contributed by atoms with Crippen LogP contribution in [-0.4, -0.2) is 21.8 Å². The molecule has 5 rings (SSSR count). The van der Waals surface area contributed by atoms with Crippen LogP contribution in [0.1, 0.15) is 29.7 Å². The number of ether oxygens (including phenoxy) is 2. The second-order valence-electron chi connectivity index (χ2n) is 7.26. The van der Waals surface area contributed by atoms with E-state index < -0.39 is 6.29 Å². The van der Waals surface area contributed by atoms with Gasteiger partial charge >= 0.3 is 6.29 Å². The molecule has 0 saturated heterocycles. The normalized spacial score (nSPS) is 16.5. The van der Waals surface area contributed by atoms with Crippen LogP contribution in [0, 0.1) is 0 Å². The number of hydrogen-bond acceptors (Lipinski definition) is 6. The van der Waals surface area contributed by atoms with Gasteiger partial charge < -0.3 is 14.8 Å². The molecule has 0 saturated carbocycles. The molecule has 156 valence electrons. The van der Waals surface area contributed by atoms with Gasteiger partial charge in [0.05, 0.1) is 11.7 Å². The molecular formula is C20H17F2N3O4S. The van der Waals surface area contributed by atoms with E-state index in [1.54, 1.807) is 11.3 Å². The Balaban J connectivity index is 1.29. The van der Waals surface area contributed by atoms with Gasteiger partial charge in [0, 0.05) is 29.6 Å². The molecule has 0 atom stereocenters. The third-order valence-corrected chi connectivity index (χ3v) is 6.41. The van der Waals surface area contributed by atoms with Gasteiger partial charge in [0.2, 0.25) is 5.91 Å². The summed E-state index contributed by atoms with van der Waals surface area (Å²) in [5.41, 5.74) is 1.28. The van der Waals surface area contributed by atoms with Crippen molar-refractivity contribution in [3.63, 3.8) is 0 Å². The molecule has 0 spiro atoms. The van der Waals surface area contributed by atoms with Crippen molar-refractivity contribution in [2.45, 2.75) is 44.9 Å². The second kappa shape index (κ2) is 7.05. The molecule has 0 radical (unpaired) electrons. The monoisotopic (exact) mass is 433 g/mol. The van der Waals surface area contributed by atoms with E-state index in [9.17, 15) is 18.4 Å². The molecule has 3 heterocycles. The van der Waals surface area contributed by atoms with Crippen molar-refractivity contribution in [3.8, 4) is 11.5 Å². The Morgan fingerprint density at radius 1 is 1.23 bits per heavy atom. The smallest absolute Gasteiger partial charge is 0.395 e. The number of thiophene rings is 1. The molecule has 0 fully saturated rings. The molecule has 30 heavy (non-hydrogen) atoms. The van der Waals surface area contributed by atoms with Gasteiger partial charge in [-0.05, 0) is 43.4 Å². The fourth-order valence-electron chi connectivity index (χ4n) is 3.81. The highest BCUT2D eigenvalue weighted by Gasteiger charge is 2.43. The lowest BCUT2D eigenvalue weighted by Gasteiger charge is -2.10. The number of fused-ring (bicyclic) bond motifs is 4. The maximum absolute atomic E-state index is 13.1. The number of carbonyl (C=O) groups excluding carboxylic acids is 1. The Morgan fingerprint density at radius 2 is 2.03 bits per heavy atom. The molecule has 3 aromatic rings. The Labute approximate surface area is 173 Å². The Kier molecular flexibility index (Phi) is 4.46. The summed E-state index contributed by atoms with van der Waals surface area (Å²) < 4.78 is 36.4. The molecule has 1 N–H and O–H groups in total. The van der Waals surface area contributed by atoms with Crippen molar-refractivity contribution in [2.24, 2.45) is 0 Å². The summed E-state index contributed by atoms with van der Waals surface area (Å²) in [7, 11) is 0. The molecule has 1 aliphatic carbocycles. The van der Waals surface area contributed by atoms with Crippen LogP contribution < -0.4 is 20.3 Å². The quantitative estimate of drug-likeness (QED) is 0.679. The highest BCUT2D eigenvalue weighted by molar-refractivity contribution is 7.18. The van der Waals surface area contributed by atoms with Crippen LogP contribution in [0.15, 0.2) is 29.3 Å². The van der Waals surface area contributed by atoms with Crippen LogP contribution in [0.5, 0.6) is 11.5 Å². The Bertz CT molecular complexity index is 1220. The number of rotatable bonds is 4. The number of hydrogen-bond donors (Lipinski definition) is 1. The predicted octanol–water partition coefficient (Wildman–Crippen LogP) is 3.69. The molecule has 7 nitrogen and oxygen atoms in total. The number of halogens is 2. The lowest BCUT2D eigenvalue weighted by molar-refractivity contribution is -0.286. The number of benzene rings is 1. The molecule has 10 heteroatoms. The van der Waals surface area contributed by atoms with Gasteiger partial charge in [-0.1, -0.05) is 0 Å². The van der Waals surface area contributed by atoms with Crippen LogP contribution in [0.3, 0.4) is 0 Å². The van der Waals surface area contributed by atoms with Crippen LogP contribution in [0.4, 0.5) is 14.5 Å². The highest BCUT2D eigenvalue weighted by atomic mass is 32.1. The Hall–Kier alpha value is -3.01. The summed E-state index contributed by atoms with van der Waals surface area (Å²) in [5.74, 6) is -0.603. The van der Waals surface area contributed by atoms with Crippen molar-refractivity contribution < 1.29 is 23.0 Å². The topological polar surface area (TPSA) is 82.5 Å². The average Bonchev–Trinajstić information content (AvgIpc) is 3.23. The van der Waals surface area contributed by atoms with E-state index >= 15 is 0 Å². The first-order valence-corrected chi connectivity index (χ1v) is 10.4. The summed E-state index contributed by atoms with van der Waals surface area (Å²) in [5, 5.41) is 3.29. The number of anilines is 1. The molecular weight excluding hydrogens is 416 g/mol. The van der Waals surface area contributed by atoms with Gasteiger partial charge in [0.15, 0.2) is 11.5 Å². The van der Waals surface area contributed by atoms with Crippen LogP contribution in [0.25, 0.3) is 10.2 Å². The van der Waals surface area contributed by atoms with E-state index in [1.807, 2.05) is 0 Å². The summed E-state index contributed by atoms with van der Waals surface area (Å²) in [6, 6.07) is 4.01. The zero-order valence-electron chi connectivity index (χ0n) is 15.7. The zero-order valence-corrected chi connectivity index (χ0v) is 16.6. The minimum atomic E-state index is -3.71. The zero-order chi connectivity index (χ0) is 20.9. The van der Waals surface area contributed by atoms with Gasteiger partial charge in [-0.2, -0.15) is 0 Å². The molecule has 0 bridgehead atoms. The minimum absolute atomic E-state index is 0.0318. The summed E-state index contributed by atoms with van der Waals surface area (Å²) in [6.45, 7) is 0.168. The number of alkyl halides is 2. The van der Waals surface area contributed by atoms with Crippen LogP contribution >= 0.6 is 11.3 Å². The summed E-state index contributed by atoms with van der Waals surface area (Å²) in [6.07, 6.45) is 1.87. The average molecular weight is 433 g/mol. The number of amides is 1. The molecule has 2 aromatic heterocycles. The molecule has 2 aliphatic rings. The number of carbonyl (C=O) groups is 1. The van der Waals surface area contributed by atoms with E-state index in [0.29, 0.717) is 11.1 Å². The second-order valence-corrected chi connectivity index (χ2v) is 8.34. The third kappa shape index (κ3) is 3.41. The molecule has 1 aliphatic heterocycles. The number of aryl methyl sites for hydroxylation is 3. The van der Waals surface area contributed by atoms with Gasteiger partial charge in [0.1, 0.15) is 4.83 Å². The third-order valence-electron chi connectivity index (χ3n) is 5.21. The first kappa shape index (κ1) is 19.0. The Morgan fingerprint density at radius 3 is 2.90 bits per heavy atom.